The van der Waals surface area contributed by atoms with Gasteiger partial charge >= 0.3 is 6.03 Å². The van der Waals surface area contributed by atoms with Crippen molar-refractivity contribution in [2.75, 3.05) is 0 Å². The number of carbonyl (C=O) groups is 3. The topological polar surface area (TPSA) is 91.4 Å². The zero-order valence-electron chi connectivity index (χ0n) is 16.8. The molecule has 2 atom stereocenters. The highest BCUT2D eigenvalue weighted by molar-refractivity contribution is 7.07. The van der Waals surface area contributed by atoms with E-state index >= 15 is 0 Å². The molecule has 0 spiro atoms. The summed E-state index contributed by atoms with van der Waals surface area (Å²) in [6, 6.07) is 4.34. The molecule has 0 aromatic carbocycles. The van der Waals surface area contributed by atoms with Crippen molar-refractivity contribution in [2.24, 2.45) is 0 Å². The average molecular weight is 427 g/mol. The summed E-state index contributed by atoms with van der Waals surface area (Å²) in [7, 11) is 0. The van der Waals surface area contributed by atoms with Gasteiger partial charge in [-0.05, 0) is 53.3 Å². The molecule has 2 aromatic rings. The second-order valence-electron chi connectivity index (χ2n) is 7.95. The van der Waals surface area contributed by atoms with Crippen molar-refractivity contribution in [3.05, 3.63) is 52.5 Å². The molecule has 7 nitrogen and oxygen atoms in total. The van der Waals surface area contributed by atoms with Crippen LogP contribution in [0.15, 0.2) is 41.4 Å². The summed E-state index contributed by atoms with van der Waals surface area (Å²) in [5.41, 5.74) is 2.03. The maximum Gasteiger partial charge on any atom is 0.325 e. The number of nitrogens with one attached hydrogen (secondary N) is 2. The van der Waals surface area contributed by atoms with Crippen LogP contribution in [-0.2, 0) is 16.0 Å². The van der Waals surface area contributed by atoms with Crippen LogP contribution in [0, 0.1) is 0 Å². The summed E-state index contributed by atoms with van der Waals surface area (Å²) in [6.07, 6.45) is 8.92. The third-order valence-electron chi connectivity index (χ3n) is 5.82. The lowest BCUT2D eigenvalue weighted by atomic mass is 9.94. The van der Waals surface area contributed by atoms with Gasteiger partial charge in [-0.2, -0.15) is 11.3 Å². The molecular formula is C22H26N4O3S. The Morgan fingerprint density at radius 3 is 2.80 bits per heavy atom. The molecule has 4 amide bonds. The third-order valence-corrected chi connectivity index (χ3v) is 6.56. The predicted molar refractivity (Wildman–Crippen MR) is 114 cm³/mol. The van der Waals surface area contributed by atoms with E-state index in [0.29, 0.717) is 6.42 Å². The van der Waals surface area contributed by atoms with Crippen LogP contribution < -0.4 is 10.6 Å². The summed E-state index contributed by atoms with van der Waals surface area (Å²) in [6.45, 7) is 0. The first-order valence-electron chi connectivity index (χ1n) is 10.5. The van der Waals surface area contributed by atoms with E-state index in [0.717, 1.165) is 43.2 Å². The summed E-state index contributed by atoms with van der Waals surface area (Å²) < 4.78 is 0. The van der Waals surface area contributed by atoms with Crippen molar-refractivity contribution < 1.29 is 14.4 Å². The Morgan fingerprint density at radius 1 is 1.27 bits per heavy atom. The zero-order valence-corrected chi connectivity index (χ0v) is 17.6. The molecule has 0 radical (unpaired) electrons. The molecule has 1 aliphatic heterocycles. The molecule has 158 valence electrons. The summed E-state index contributed by atoms with van der Waals surface area (Å²) >= 11 is 1.61. The van der Waals surface area contributed by atoms with E-state index in [2.05, 4.69) is 21.0 Å². The predicted octanol–water partition coefficient (Wildman–Crippen LogP) is 3.19. The second-order valence-corrected chi connectivity index (χ2v) is 8.73. The van der Waals surface area contributed by atoms with Gasteiger partial charge in [-0.3, -0.25) is 19.5 Å². The van der Waals surface area contributed by atoms with Crippen molar-refractivity contribution in [3.63, 3.8) is 0 Å². The van der Waals surface area contributed by atoms with Crippen LogP contribution in [0.5, 0.6) is 0 Å². The fraction of sp³-hybridized carbons (Fsp3) is 0.455. The first-order valence-corrected chi connectivity index (χ1v) is 11.4. The van der Waals surface area contributed by atoms with E-state index in [-0.39, 0.29) is 36.3 Å². The van der Waals surface area contributed by atoms with Crippen molar-refractivity contribution in [1.29, 1.82) is 0 Å². The Labute approximate surface area is 179 Å². The number of imide groups is 1. The molecule has 30 heavy (non-hydrogen) atoms. The van der Waals surface area contributed by atoms with Gasteiger partial charge in [-0.25, -0.2) is 4.79 Å². The largest absolute Gasteiger partial charge is 0.349 e. The number of carbonyl (C=O) groups excluding carboxylic acids is 3. The van der Waals surface area contributed by atoms with Crippen molar-refractivity contribution in [1.82, 2.24) is 20.5 Å². The monoisotopic (exact) mass is 426 g/mol. The quantitative estimate of drug-likeness (QED) is 0.665. The van der Waals surface area contributed by atoms with Crippen molar-refractivity contribution in [2.45, 2.75) is 63.1 Å². The Morgan fingerprint density at radius 2 is 2.10 bits per heavy atom. The van der Waals surface area contributed by atoms with Crippen LogP contribution in [0.2, 0.25) is 0 Å². The maximum absolute atomic E-state index is 12.8. The zero-order chi connectivity index (χ0) is 20.9. The number of hydrogen-bond donors (Lipinski definition) is 2. The van der Waals surface area contributed by atoms with Gasteiger partial charge in [0.2, 0.25) is 5.91 Å². The van der Waals surface area contributed by atoms with E-state index in [4.69, 9.17) is 0 Å². The number of pyridine rings is 1. The van der Waals surface area contributed by atoms with Gasteiger partial charge in [0, 0.05) is 18.4 Å². The Hall–Kier alpha value is -2.74. The van der Waals surface area contributed by atoms with Crippen LogP contribution in [-0.4, -0.2) is 39.8 Å². The number of thiophene rings is 1. The van der Waals surface area contributed by atoms with Crippen LogP contribution in [0.25, 0.3) is 0 Å². The van der Waals surface area contributed by atoms with Crippen molar-refractivity contribution >= 4 is 29.2 Å². The Bertz CT molecular complexity index is 881. The number of hydrogen-bond acceptors (Lipinski definition) is 5. The second kappa shape index (κ2) is 9.38. The lowest BCUT2D eigenvalue weighted by Gasteiger charge is -2.28. The summed E-state index contributed by atoms with van der Waals surface area (Å²) in [4.78, 5) is 43.5. The van der Waals surface area contributed by atoms with Crippen molar-refractivity contribution in [3.8, 4) is 0 Å². The molecule has 0 bridgehead atoms. The smallest absolute Gasteiger partial charge is 0.325 e. The highest BCUT2D eigenvalue weighted by atomic mass is 32.1. The molecule has 2 N–H and O–H groups in total. The molecule has 0 unspecified atom stereocenters. The van der Waals surface area contributed by atoms with Gasteiger partial charge in [0.25, 0.3) is 5.91 Å². The molecule has 8 heteroatoms. The maximum atomic E-state index is 12.8. The molecule has 1 aliphatic carbocycles. The first kappa shape index (κ1) is 20.5. The van der Waals surface area contributed by atoms with Gasteiger partial charge in [0.05, 0.1) is 12.5 Å². The Balaban J connectivity index is 1.40. The van der Waals surface area contributed by atoms with E-state index in [1.807, 2.05) is 23.6 Å². The fourth-order valence-electron chi connectivity index (χ4n) is 4.29. The number of nitrogens with zero attached hydrogens (tertiary/aromatic N) is 2. The van der Waals surface area contributed by atoms with Gasteiger partial charge in [0.15, 0.2) is 0 Å². The van der Waals surface area contributed by atoms with Gasteiger partial charge in [-0.1, -0.05) is 25.3 Å². The third kappa shape index (κ3) is 4.70. The SMILES string of the molecule is O=C(C[C@@H]1NC(=O)N(C2CCCCC2)C1=O)N[C@H](Cc1ccsc1)c1cccnc1. The van der Waals surface area contributed by atoms with Crippen LogP contribution in [0.1, 0.15) is 55.7 Å². The molecule has 3 heterocycles. The summed E-state index contributed by atoms with van der Waals surface area (Å²) in [5, 5.41) is 9.80. The average Bonchev–Trinajstić information content (AvgIpc) is 3.36. The molecule has 2 aromatic heterocycles. The molecule has 1 saturated carbocycles. The van der Waals surface area contributed by atoms with E-state index in [1.54, 1.807) is 23.7 Å². The highest BCUT2D eigenvalue weighted by Crippen LogP contribution is 2.26. The summed E-state index contributed by atoms with van der Waals surface area (Å²) in [5.74, 6) is -0.541. The fourth-order valence-corrected chi connectivity index (χ4v) is 4.97. The standard InChI is InChI=1S/C22H26N4O3S/c27-20(12-19-21(28)26(22(29)25-19)17-6-2-1-3-7-17)24-18(11-15-8-10-30-14-15)16-5-4-9-23-13-16/h4-5,8-10,13-14,17-19H,1-3,6-7,11-12H2,(H,24,27)(H,25,29)/t18-,19+/m1/s1. The normalized spacial score (nSPS) is 20.8. The minimum absolute atomic E-state index is 0.0407. The minimum Gasteiger partial charge on any atom is -0.349 e. The molecule has 2 fully saturated rings. The Kier molecular flexibility index (Phi) is 6.42. The number of urea groups is 1. The van der Waals surface area contributed by atoms with Gasteiger partial charge in [0.1, 0.15) is 6.04 Å². The van der Waals surface area contributed by atoms with Crippen LogP contribution >= 0.6 is 11.3 Å². The molecular weight excluding hydrogens is 400 g/mol. The van der Waals surface area contributed by atoms with Crippen LogP contribution in [0.4, 0.5) is 4.79 Å². The van der Waals surface area contributed by atoms with E-state index in [9.17, 15) is 14.4 Å². The van der Waals surface area contributed by atoms with Gasteiger partial charge < -0.3 is 10.6 Å². The van der Waals surface area contributed by atoms with Gasteiger partial charge in [-0.15, -0.1) is 0 Å². The van der Waals surface area contributed by atoms with Crippen LogP contribution in [0.3, 0.4) is 0 Å². The first-order chi connectivity index (χ1) is 14.6. The lowest BCUT2D eigenvalue weighted by molar-refractivity contribution is -0.132. The van der Waals surface area contributed by atoms with E-state index in [1.165, 1.54) is 4.90 Å². The lowest BCUT2D eigenvalue weighted by Crippen LogP contribution is -2.42. The molecule has 1 saturated heterocycles. The minimum atomic E-state index is -0.796. The number of aromatic nitrogens is 1. The highest BCUT2D eigenvalue weighted by Gasteiger charge is 2.43. The number of amides is 4. The van der Waals surface area contributed by atoms with E-state index < -0.39 is 6.04 Å². The number of rotatable bonds is 7. The molecule has 4 rings (SSSR count). The molecule has 2 aliphatic rings.